The summed E-state index contributed by atoms with van der Waals surface area (Å²) in [7, 11) is 0. The minimum Gasteiger partial charge on any atom is -0.323 e. The van der Waals surface area contributed by atoms with Crippen molar-refractivity contribution < 1.29 is 0 Å². The quantitative estimate of drug-likeness (QED) is 0.725. The van der Waals surface area contributed by atoms with E-state index in [4.69, 9.17) is 5.73 Å². The molecule has 1 unspecified atom stereocenters. The zero-order chi connectivity index (χ0) is 9.97. The van der Waals surface area contributed by atoms with Gasteiger partial charge in [-0.05, 0) is 6.92 Å². The van der Waals surface area contributed by atoms with Crippen molar-refractivity contribution in [2.24, 2.45) is 5.73 Å². The minimum atomic E-state index is -0.190. The van der Waals surface area contributed by atoms with Crippen LogP contribution in [0.1, 0.15) is 18.7 Å². The molecule has 0 aliphatic carbocycles. The third-order valence-corrected chi connectivity index (χ3v) is 1.75. The van der Waals surface area contributed by atoms with Gasteiger partial charge in [0, 0.05) is 18.4 Å². The van der Waals surface area contributed by atoms with Crippen molar-refractivity contribution in [1.82, 2.24) is 25.0 Å². The lowest BCUT2D eigenvalue weighted by Gasteiger charge is -2.08. The number of nitrogens with two attached hydrogens (primary N) is 1. The number of aromatic nitrogens is 5. The third kappa shape index (κ3) is 1.47. The Kier molecular flexibility index (Phi) is 2.19. The van der Waals surface area contributed by atoms with Gasteiger partial charge in [0.25, 0.3) is 0 Å². The Morgan fingerprint density at radius 3 is 2.43 bits per heavy atom. The second-order valence-corrected chi connectivity index (χ2v) is 2.87. The summed E-state index contributed by atoms with van der Waals surface area (Å²) < 4.78 is 0. The third-order valence-electron chi connectivity index (χ3n) is 1.75. The lowest BCUT2D eigenvalue weighted by molar-refractivity contribution is 0.678. The maximum absolute atomic E-state index is 5.75. The van der Waals surface area contributed by atoms with E-state index in [0.717, 1.165) is 0 Å². The average Bonchev–Trinajstić information content (AvgIpc) is 2.70. The van der Waals surface area contributed by atoms with Crippen LogP contribution in [0.5, 0.6) is 0 Å². The summed E-state index contributed by atoms with van der Waals surface area (Å²) in [6.45, 7) is 1.84. The summed E-state index contributed by atoms with van der Waals surface area (Å²) >= 11 is 0. The second-order valence-electron chi connectivity index (χ2n) is 2.87. The van der Waals surface area contributed by atoms with Gasteiger partial charge in [-0.2, -0.15) is 10.2 Å². The zero-order valence-electron chi connectivity index (χ0n) is 7.70. The van der Waals surface area contributed by atoms with Crippen molar-refractivity contribution in [3.05, 3.63) is 30.5 Å². The first kappa shape index (κ1) is 8.76. The van der Waals surface area contributed by atoms with E-state index < -0.39 is 0 Å². The molecule has 72 valence electrons. The highest BCUT2D eigenvalue weighted by molar-refractivity contribution is 5.26. The molecule has 0 radical (unpaired) electrons. The molecule has 14 heavy (non-hydrogen) atoms. The lowest BCUT2D eigenvalue weighted by atomic mass is 10.2. The standard InChI is InChI=1S/C8H10N6/c1-6(9)7-8(11-3-2-10-7)14-12-4-5-13-14/h2-6H,9H2,1H3. The Morgan fingerprint density at radius 1 is 1.14 bits per heavy atom. The first-order chi connectivity index (χ1) is 6.79. The number of rotatable bonds is 2. The van der Waals surface area contributed by atoms with Gasteiger partial charge in [-0.25, -0.2) is 4.98 Å². The molecule has 0 aliphatic heterocycles. The largest absolute Gasteiger partial charge is 0.323 e. The molecular formula is C8H10N6. The van der Waals surface area contributed by atoms with Gasteiger partial charge >= 0.3 is 0 Å². The van der Waals surface area contributed by atoms with Crippen molar-refractivity contribution in [2.75, 3.05) is 0 Å². The molecule has 0 fully saturated rings. The van der Waals surface area contributed by atoms with E-state index >= 15 is 0 Å². The predicted molar refractivity (Wildman–Crippen MR) is 49.6 cm³/mol. The molecule has 0 saturated carbocycles. The first-order valence-corrected chi connectivity index (χ1v) is 4.22. The topological polar surface area (TPSA) is 82.5 Å². The SMILES string of the molecule is CC(N)c1nccnc1-n1nccn1. The fraction of sp³-hybridized carbons (Fsp3) is 0.250. The molecule has 0 amide bonds. The van der Waals surface area contributed by atoms with Crippen molar-refractivity contribution in [1.29, 1.82) is 0 Å². The van der Waals surface area contributed by atoms with Crippen molar-refractivity contribution in [3.8, 4) is 5.82 Å². The predicted octanol–water partition coefficient (Wildman–Crippen LogP) is 0.0770. The summed E-state index contributed by atoms with van der Waals surface area (Å²) in [5.41, 5.74) is 6.43. The number of hydrogen-bond donors (Lipinski definition) is 1. The van der Waals surface area contributed by atoms with Gasteiger partial charge < -0.3 is 5.73 Å². The summed E-state index contributed by atoms with van der Waals surface area (Å²) in [4.78, 5) is 9.69. The molecule has 6 heteroatoms. The molecule has 0 saturated heterocycles. The molecule has 2 rings (SSSR count). The van der Waals surface area contributed by atoms with Crippen LogP contribution in [0.2, 0.25) is 0 Å². The van der Waals surface area contributed by atoms with E-state index in [2.05, 4.69) is 20.2 Å². The van der Waals surface area contributed by atoms with Crippen molar-refractivity contribution >= 4 is 0 Å². The van der Waals surface area contributed by atoms with Gasteiger partial charge in [0.05, 0.1) is 12.4 Å². The highest BCUT2D eigenvalue weighted by Gasteiger charge is 2.11. The van der Waals surface area contributed by atoms with Crippen molar-refractivity contribution in [2.45, 2.75) is 13.0 Å². The fourth-order valence-corrected chi connectivity index (χ4v) is 1.14. The molecule has 0 aliphatic rings. The molecule has 2 N–H and O–H groups in total. The molecule has 1 atom stereocenters. The Labute approximate surface area is 80.8 Å². The van der Waals surface area contributed by atoms with E-state index in [-0.39, 0.29) is 6.04 Å². The minimum absolute atomic E-state index is 0.190. The highest BCUT2D eigenvalue weighted by atomic mass is 15.5. The van der Waals surface area contributed by atoms with Gasteiger partial charge in [-0.15, -0.1) is 4.80 Å². The van der Waals surface area contributed by atoms with Gasteiger partial charge in [-0.3, -0.25) is 4.98 Å². The van der Waals surface area contributed by atoms with E-state index in [1.54, 1.807) is 24.8 Å². The van der Waals surface area contributed by atoms with Gasteiger partial charge in [-0.1, -0.05) is 0 Å². The second kappa shape index (κ2) is 3.51. The number of nitrogens with zero attached hydrogens (tertiary/aromatic N) is 5. The van der Waals surface area contributed by atoms with Crippen LogP contribution in [0.3, 0.4) is 0 Å². The Morgan fingerprint density at radius 2 is 1.79 bits per heavy atom. The van der Waals surface area contributed by atoms with Gasteiger partial charge in [0.1, 0.15) is 5.69 Å². The summed E-state index contributed by atoms with van der Waals surface area (Å²) in [6.07, 6.45) is 6.36. The maximum atomic E-state index is 5.75. The molecule has 0 bridgehead atoms. The van der Waals surface area contributed by atoms with Crippen LogP contribution in [0.15, 0.2) is 24.8 Å². The summed E-state index contributed by atoms with van der Waals surface area (Å²) in [5, 5.41) is 7.95. The molecular weight excluding hydrogens is 180 g/mol. The Hall–Kier alpha value is -1.82. The lowest BCUT2D eigenvalue weighted by Crippen LogP contribution is -2.14. The van der Waals surface area contributed by atoms with Crippen LogP contribution in [0.25, 0.3) is 5.82 Å². The Balaban J connectivity index is 2.53. The maximum Gasteiger partial charge on any atom is 0.197 e. The molecule has 0 aromatic carbocycles. The van der Waals surface area contributed by atoms with E-state index in [9.17, 15) is 0 Å². The fourth-order valence-electron chi connectivity index (χ4n) is 1.14. The molecule has 2 aromatic heterocycles. The molecule has 2 aromatic rings. The van der Waals surface area contributed by atoms with Gasteiger partial charge in [0.2, 0.25) is 0 Å². The van der Waals surface area contributed by atoms with E-state index in [0.29, 0.717) is 11.5 Å². The molecule has 6 nitrogen and oxygen atoms in total. The van der Waals surface area contributed by atoms with Crippen LogP contribution in [0.4, 0.5) is 0 Å². The van der Waals surface area contributed by atoms with Crippen LogP contribution >= 0.6 is 0 Å². The zero-order valence-corrected chi connectivity index (χ0v) is 7.70. The smallest absolute Gasteiger partial charge is 0.197 e. The average molecular weight is 190 g/mol. The van der Waals surface area contributed by atoms with E-state index in [1.807, 2.05) is 6.92 Å². The van der Waals surface area contributed by atoms with Crippen LogP contribution in [-0.2, 0) is 0 Å². The van der Waals surface area contributed by atoms with Crippen LogP contribution < -0.4 is 5.73 Å². The van der Waals surface area contributed by atoms with Crippen LogP contribution in [0, 0.1) is 0 Å². The monoisotopic (exact) mass is 190 g/mol. The van der Waals surface area contributed by atoms with Crippen molar-refractivity contribution in [3.63, 3.8) is 0 Å². The normalized spacial score (nSPS) is 12.7. The number of hydrogen-bond acceptors (Lipinski definition) is 5. The highest BCUT2D eigenvalue weighted by Crippen LogP contribution is 2.12. The first-order valence-electron chi connectivity index (χ1n) is 4.22. The van der Waals surface area contributed by atoms with Gasteiger partial charge in [0.15, 0.2) is 5.82 Å². The Bertz CT molecular complexity index is 408. The summed E-state index contributed by atoms with van der Waals surface area (Å²) in [6, 6.07) is -0.190. The molecule has 0 spiro atoms. The summed E-state index contributed by atoms with van der Waals surface area (Å²) in [5.74, 6) is 0.576. The van der Waals surface area contributed by atoms with Crippen LogP contribution in [-0.4, -0.2) is 25.0 Å². The van der Waals surface area contributed by atoms with E-state index in [1.165, 1.54) is 4.80 Å². The molecule has 2 heterocycles.